The average molecular weight is 1100 g/mol. The Morgan fingerprint density at radius 2 is 0.494 bits per heavy atom. The normalized spacial score (nSPS) is 12.6. The summed E-state index contributed by atoms with van der Waals surface area (Å²) >= 11 is 0. The van der Waals surface area contributed by atoms with Crippen LogP contribution in [0.15, 0.2) is 85.1 Å². The number of unbranched alkanes of at least 4 members (excludes halogenated alkanes) is 37. The van der Waals surface area contributed by atoms with E-state index in [0.717, 1.165) is 96.3 Å². The average Bonchev–Trinajstić information content (AvgIpc) is 3.45. The van der Waals surface area contributed by atoms with Crippen molar-refractivity contribution in [1.29, 1.82) is 0 Å². The maximum Gasteiger partial charge on any atom is 0.306 e. The van der Waals surface area contributed by atoms with E-state index >= 15 is 0 Å². The lowest BCUT2D eigenvalue weighted by Gasteiger charge is -2.18. The van der Waals surface area contributed by atoms with Crippen LogP contribution in [0.25, 0.3) is 0 Å². The van der Waals surface area contributed by atoms with Crippen LogP contribution in [0, 0.1) is 0 Å². The van der Waals surface area contributed by atoms with Crippen molar-refractivity contribution >= 4 is 17.9 Å². The summed E-state index contributed by atoms with van der Waals surface area (Å²) in [5.74, 6) is -0.877. The molecule has 0 aromatic rings. The summed E-state index contributed by atoms with van der Waals surface area (Å²) in [6, 6.07) is 0. The van der Waals surface area contributed by atoms with Gasteiger partial charge in [0.1, 0.15) is 13.2 Å². The van der Waals surface area contributed by atoms with Crippen molar-refractivity contribution < 1.29 is 28.6 Å². The van der Waals surface area contributed by atoms with Crippen molar-refractivity contribution in [3.8, 4) is 0 Å². The first-order valence-electron chi connectivity index (χ1n) is 34.1. The van der Waals surface area contributed by atoms with Gasteiger partial charge in [-0.2, -0.15) is 0 Å². The first kappa shape index (κ1) is 75.6. The summed E-state index contributed by atoms with van der Waals surface area (Å²) < 4.78 is 17.0. The van der Waals surface area contributed by atoms with Gasteiger partial charge in [0.05, 0.1) is 0 Å². The highest BCUT2D eigenvalue weighted by molar-refractivity contribution is 5.71. The van der Waals surface area contributed by atoms with Crippen LogP contribution < -0.4 is 0 Å². The summed E-state index contributed by atoms with van der Waals surface area (Å²) in [6.45, 7) is 6.54. The number of hydrogen-bond acceptors (Lipinski definition) is 6. The van der Waals surface area contributed by atoms with Crippen molar-refractivity contribution in [3.05, 3.63) is 85.1 Å². The second-order valence-corrected chi connectivity index (χ2v) is 22.7. The molecule has 6 nitrogen and oxygen atoms in total. The Morgan fingerprint density at radius 3 is 0.797 bits per heavy atom. The van der Waals surface area contributed by atoms with Crippen molar-refractivity contribution in [2.75, 3.05) is 13.2 Å². The molecule has 1 atom stereocenters. The van der Waals surface area contributed by atoms with Crippen LogP contribution in [0.3, 0.4) is 0 Å². The molecular formula is C73H128O6. The van der Waals surface area contributed by atoms with E-state index in [2.05, 4.69) is 106 Å². The van der Waals surface area contributed by atoms with Gasteiger partial charge in [-0.15, -0.1) is 0 Å². The second-order valence-electron chi connectivity index (χ2n) is 22.7. The van der Waals surface area contributed by atoms with Crippen molar-refractivity contribution in [1.82, 2.24) is 0 Å². The number of carbonyl (C=O) groups is 3. The Bertz CT molecular complexity index is 1500. The number of rotatable bonds is 62. The lowest BCUT2D eigenvalue weighted by atomic mass is 10.0. The van der Waals surface area contributed by atoms with Crippen molar-refractivity contribution in [2.45, 2.75) is 348 Å². The monoisotopic (exact) mass is 1100 g/mol. The van der Waals surface area contributed by atoms with E-state index < -0.39 is 6.10 Å². The predicted molar refractivity (Wildman–Crippen MR) is 344 cm³/mol. The lowest BCUT2D eigenvalue weighted by Crippen LogP contribution is -2.30. The van der Waals surface area contributed by atoms with E-state index in [9.17, 15) is 14.4 Å². The molecule has 0 fully saturated rings. The highest BCUT2D eigenvalue weighted by atomic mass is 16.6. The van der Waals surface area contributed by atoms with Gasteiger partial charge >= 0.3 is 17.9 Å². The van der Waals surface area contributed by atoms with Gasteiger partial charge in [-0.3, -0.25) is 14.4 Å². The standard InChI is InChI=1S/C73H128O6/c1-4-7-10-13-16-19-22-25-28-31-34-35-36-37-38-39-40-43-45-48-51-54-57-60-63-66-72(75)78-69-70(79-73(76)67-64-61-58-55-52-49-46-42-33-30-27-24-21-18-15-12-9-6-3)68-77-71(74)65-62-59-56-53-50-47-44-41-32-29-26-23-20-17-14-11-8-5-2/h7,10,16,19,21,24-25,28-30,32-35,70H,4-6,8-9,11-15,17-18,20,22-23,26-27,31,36-69H2,1-3H3/b10-7-,19-16-,24-21-,28-25-,32-29-,33-30-,35-34-. The van der Waals surface area contributed by atoms with Crippen molar-refractivity contribution in [2.24, 2.45) is 0 Å². The number of carbonyl (C=O) groups excluding carboxylic acids is 3. The third-order valence-electron chi connectivity index (χ3n) is 14.9. The molecule has 0 heterocycles. The van der Waals surface area contributed by atoms with E-state index in [1.165, 1.54) is 205 Å². The number of esters is 3. The van der Waals surface area contributed by atoms with Gasteiger partial charge in [-0.1, -0.05) is 292 Å². The third kappa shape index (κ3) is 65.3. The fourth-order valence-electron chi connectivity index (χ4n) is 9.76. The zero-order valence-electron chi connectivity index (χ0n) is 52.4. The van der Waals surface area contributed by atoms with Crippen LogP contribution in [0.5, 0.6) is 0 Å². The van der Waals surface area contributed by atoms with E-state index in [0.29, 0.717) is 19.3 Å². The van der Waals surface area contributed by atoms with Crippen LogP contribution in [-0.4, -0.2) is 37.2 Å². The lowest BCUT2D eigenvalue weighted by molar-refractivity contribution is -0.167. The van der Waals surface area contributed by atoms with Crippen LogP contribution >= 0.6 is 0 Å². The van der Waals surface area contributed by atoms with Crippen LogP contribution in [0.1, 0.15) is 342 Å². The smallest absolute Gasteiger partial charge is 0.306 e. The van der Waals surface area contributed by atoms with Gasteiger partial charge in [0.2, 0.25) is 0 Å². The predicted octanol–water partition coefficient (Wildman–Crippen LogP) is 23.4. The largest absolute Gasteiger partial charge is 0.462 e. The van der Waals surface area contributed by atoms with Gasteiger partial charge in [-0.05, 0) is 116 Å². The topological polar surface area (TPSA) is 78.9 Å². The zero-order chi connectivity index (χ0) is 57.1. The van der Waals surface area contributed by atoms with Crippen molar-refractivity contribution in [3.63, 3.8) is 0 Å². The summed E-state index contributed by atoms with van der Waals surface area (Å²) in [7, 11) is 0. The molecule has 0 amide bonds. The Hall–Kier alpha value is -3.41. The van der Waals surface area contributed by atoms with Gasteiger partial charge in [0, 0.05) is 19.3 Å². The molecule has 1 unspecified atom stereocenters. The molecule has 0 aliphatic carbocycles. The van der Waals surface area contributed by atoms with Gasteiger partial charge in [-0.25, -0.2) is 0 Å². The highest BCUT2D eigenvalue weighted by Gasteiger charge is 2.19. The molecule has 0 radical (unpaired) electrons. The molecule has 0 aliphatic rings. The summed E-state index contributed by atoms with van der Waals surface area (Å²) in [5, 5.41) is 0. The van der Waals surface area contributed by atoms with Crippen LogP contribution in [0.2, 0.25) is 0 Å². The summed E-state index contributed by atoms with van der Waals surface area (Å²) in [6.07, 6.45) is 88.8. The first-order valence-corrected chi connectivity index (χ1v) is 34.1. The molecular weight excluding hydrogens is 973 g/mol. The quantitative estimate of drug-likeness (QED) is 0.0261. The Morgan fingerprint density at radius 1 is 0.266 bits per heavy atom. The molecule has 79 heavy (non-hydrogen) atoms. The molecule has 456 valence electrons. The molecule has 0 N–H and O–H groups in total. The maximum absolute atomic E-state index is 12.9. The molecule has 0 bridgehead atoms. The SMILES string of the molecule is CC/C=C\C/C=C\C/C=C\C/C=C\CCCCCCCCCCCCCCC(=O)OCC(COC(=O)CCCCCCCCC/C=C\CCCCCCCCC)OC(=O)CCCCCCCCC/C=C\C/C=C\CCCCCC. The Labute approximate surface area is 490 Å². The fourth-order valence-corrected chi connectivity index (χ4v) is 9.76. The molecule has 0 aromatic carbocycles. The fraction of sp³-hybridized carbons (Fsp3) is 0.767. The Kier molecular flexibility index (Phi) is 64.2. The number of allylic oxidation sites excluding steroid dienone is 14. The Balaban J connectivity index is 4.35. The third-order valence-corrected chi connectivity index (χ3v) is 14.9. The van der Waals surface area contributed by atoms with E-state index in [1.807, 2.05) is 0 Å². The zero-order valence-corrected chi connectivity index (χ0v) is 52.4. The molecule has 0 aliphatic heterocycles. The molecule has 0 aromatic heterocycles. The molecule has 0 spiro atoms. The van der Waals surface area contributed by atoms with Gasteiger partial charge in [0.25, 0.3) is 0 Å². The van der Waals surface area contributed by atoms with Gasteiger partial charge < -0.3 is 14.2 Å². The molecule has 6 heteroatoms. The first-order chi connectivity index (χ1) is 39.0. The minimum absolute atomic E-state index is 0.0802. The second kappa shape index (κ2) is 67.1. The highest BCUT2D eigenvalue weighted by Crippen LogP contribution is 2.17. The minimum atomic E-state index is -0.785. The van der Waals surface area contributed by atoms with E-state index in [-0.39, 0.29) is 31.1 Å². The van der Waals surface area contributed by atoms with E-state index in [4.69, 9.17) is 14.2 Å². The molecule has 0 saturated carbocycles. The van der Waals surface area contributed by atoms with E-state index in [1.54, 1.807) is 0 Å². The number of ether oxygens (including phenoxy) is 3. The van der Waals surface area contributed by atoms with Crippen LogP contribution in [-0.2, 0) is 28.6 Å². The van der Waals surface area contributed by atoms with Gasteiger partial charge in [0.15, 0.2) is 6.10 Å². The molecule has 0 saturated heterocycles. The minimum Gasteiger partial charge on any atom is -0.462 e. The number of hydrogen-bond donors (Lipinski definition) is 0. The maximum atomic E-state index is 12.9. The molecule has 0 rings (SSSR count). The summed E-state index contributed by atoms with van der Waals surface area (Å²) in [4.78, 5) is 38.4. The van der Waals surface area contributed by atoms with Crippen LogP contribution in [0.4, 0.5) is 0 Å². The summed E-state index contributed by atoms with van der Waals surface area (Å²) in [5.41, 5.74) is 0.